The highest BCUT2D eigenvalue weighted by molar-refractivity contribution is 7.90. The molecule has 0 aliphatic heterocycles. The first-order chi connectivity index (χ1) is 9.94. The topological polar surface area (TPSA) is 86.2 Å². The molecule has 108 valence electrons. The first-order valence-corrected chi connectivity index (χ1v) is 8.04. The van der Waals surface area contributed by atoms with Crippen molar-refractivity contribution in [2.45, 2.75) is 17.9 Å². The molecule has 5 nitrogen and oxygen atoms in total. The van der Waals surface area contributed by atoms with Gasteiger partial charge in [-0.2, -0.15) is 4.98 Å². The number of benzene rings is 2. The van der Waals surface area contributed by atoms with Crippen molar-refractivity contribution in [2.24, 2.45) is 0 Å². The van der Waals surface area contributed by atoms with E-state index in [0.717, 1.165) is 5.56 Å². The number of hydrogen-bond acceptors (Lipinski definition) is 5. The lowest BCUT2D eigenvalue weighted by Gasteiger charge is -2.01. The van der Waals surface area contributed by atoms with Gasteiger partial charge in [-0.05, 0) is 30.7 Å². The van der Waals surface area contributed by atoms with Gasteiger partial charge in [0.15, 0.2) is 5.58 Å². The molecule has 3 aromatic rings. The predicted molar refractivity (Wildman–Crippen MR) is 80.5 cm³/mol. The minimum absolute atomic E-state index is 0.143. The second kappa shape index (κ2) is 4.89. The van der Waals surface area contributed by atoms with Crippen LogP contribution in [0.3, 0.4) is 0 Å². The molecule has 0 amide bonds. The van der Waals surface area contributed by atoms with Gasteiger partial charge < -0.3 is 10.2 Å². The molecule has 2 N–H and O–H groups in total. The van der Waals surface area contributed by atoms with Gasteiger partial charge in [-0.15, -0.1) is 0 Å². The van der Waals surface area contributed by atoms with Gasteiger partial charge in [0.2, 0.25) is 9.84 Å². The third kappa shape index (κ3) is 2.75. The van der Waals surface area contributed by atoms with Crippen LogP contribution in [0.25, 0.3) is 11.1 Å². The molecule has 6 heteroatoms. The van der Waals surface area contributed by atoms with Gasteiger partial charge in [0.05, 0.1) is 5.75 Å². The zero-order valence-corrected chi connectivity index (χ0v) is 12.2. The standard InChI is InChI=1S/C15H14N2O3S/c1-10-2-4-11(5-3-10)9-21(18,19)15-17-13-8-12(16)6-7-14(13)20-15/h2-8H,9,16H2,1H3. The lowest BCUT2D eigenvalue weighted by molar-refractivity contribution is 0.458. The molecule has 0 bridgehead atoms. The Balaban J connectivity index is 1.97. The summed E-state index contributed by atoms with van der Waals surface area (Å²) in [6.45, 7) is 1.95. The molecule has 3 rings (SSSR count). The number of nitrogens with two attached hydrogens (primary N) is 1. The number of fused-ring (bicyclic) bond motifs is 1. The van der Waals surface area contributed by atoms with Gasteiger partial charge in [0.1, 0.15) is 5.52 Å². The summed E-state index contributed by atoms with van der Waals surface area (Å²) in [5, 5.41) is -0.274. The SMILES string of the molecule is Cc1ccc(CS(=O)(=O)c2nc3cc(N)ccc3o2)cc1. The Morgan fingerprint density at radius 2 is 1.86 bits per heavy atom. The van der Waals surface area contributed by atoms with Crippen LogP contribution in [0.15, 0.2) is 52.1 Å². The summed E-state index contributed by atoms with van der Waals surface area (Å²) < 4.78 is 30.0. The minimum Gasteiger partial charge on any atom is -0.428 e. The van der Waals surface area contributed by atoms with Crippen molar-refractivity contribution in [2.75, 3.05) is 5.73 Å². The number of sulfone groups is 1. The number of rotatable bonds is 3. The maximum atomic E-state index is 12.4. The van der Waals surface area contributed by atoms with Crippen LogP contribution >= 0.6 is 0 Å². The molecular formula is C15H14N2O3S. The third-order valence-electron chi connectivity index (χ3n) is 3.14. The monoisotopic (exact) mass is 302 g/mol. The predicted octanol–water partition coefficient (Wildman–Crippen LogP) is 2.69. The maximum Gasteiger partial charge on any atom is 0.316 e. The Kier molecular flexibility index (Phi) is 3.17. The molecule has 0 spiro atoms. The quantitative estimate of drug-likeness (QED) is 0.752. The van der Waals surface area contributed by atoms with E-state index in [-0.39, 0.29) is 11.0 Å². The van der Waals surface area contributed by atoms with Gasteiger partial charge in [-0.3, -0.25) is 0 Å². The van der Waals surface area contributed by atoms with Crippen LogP contribution in [0, 0.1) is 6.92 Å². The molecule has 1 heterocycles. The number of hydrogen-bond donors (Lipinski definition) is 1. The Bertz CT molecular complexity index is 896. The fourth-order valence-electron chi connectivity index (χ4n) is 2.02. The molecule has 0 aliphatic rings. The smallest absolute Gasteiger partial charge is 0.316 e. The Morgan fingerprint density at radius 3 is 2.57 bits per heavy atom. The highest BCUT2D eigenvalue weighted by Crippen LogP contribution is 2.23. The summed E-state index contributed by atoms with van der Waals surface area (Å²) in [6, 6.07) is 12.2. The molecule has 0 saturated carbocycles. The first kappa shape index (κ1) is 13.6. The molecule has 0 radical (unpaired) electrons. The van der Waals surface area contributed by atoms with E-state index >= 15 is 0 Å². The van der Waals surface area contributed by atoms with Crippen molar-refractivity contribution in [3.63, 3.8) is 0 Å². The van der Waals surface area contributed by atoms with Crippen molar-refractivity contribution in [1.29, 1.82) is 0 Å². The van der Waals surface area contributed by atoms with E-state index in [0.29, 0.717) is 22.4 Å². The Labute approximate surface area is 122 Å². The van der Waals surface area contributed by atoms with E-state index in [9.17, 15) is 8.42 Å². The average Bonchev–Trinajstić information content (AvgIpc) is 2.85. The molecule has 0 aliphatic carbocycles. The molecule has 0 atom stereocenters. The number of anilines is 1. The summed E-state index contributed by atoms with van der Waals surface area (Å²) in [6.07, 6.45) is 0. The van der Waals surface area contributed by atoms with Gasteiger partial charge in [0.25, 0.3) is 0 Å². The van der Waals surface area contributed by atoms with E-state index in [2.05, 4.69) is 4.98 Å². The van der Waals surface area contributed by atoms with E-state index in [1.807, 2.05) is 19.1 Å². The van der Waals surface area contributed by atoms with Crippen molar-refractivity contribution in [3.8, 4) is 0 Å². The fraction of sp³-hybridized carbons (Fsp3) is 0.133. The number of aryl methyl sites for hydroxylation is 1. The second-order valence-corrected chi connectivity index (χ2v) is 6.82. The number of aromatic nitrogens is 1. The summed E-state index contributed by atoms with van der Waals surface area (Å²) in [5.74, 6) is -0.143. The minimum atomic E-state index is -3.62. The lowest BCUT2D eigenvalue weighted by atomic mass is 10.2. The zero-order valence-electron chi connectivity index (χ0n) is 11.4. The number of oxazole rings is 1. The molecule has 0 unspecified atom stereocenters. The van der Waals surface area contributed by atoms with Gasteiger partial charge in [-0.1, -0.05) is 29.8 Å². The summed E-state index contributed by atoms with van der Waals surface area (Å²) in [4.78, 5) is 4.02. The highest BCUT2D eigenvalue weighted by Gasteiger charge is 2.22. The molecule has 21 heavy (non-hydrogen) atoms. The van der Waals surface area contributed by atoms with Crippen molar-refractivity contribution in [1.82, 2.24) is 4.98 Å². The van der Waals surface area contributed by atoms with Crippen molar-refractivity contribution < 1.29 is 12.8 Å². The van der Waals surface area contributed by atoms with Crippen LogP contribution in [0.4, 0.5) is 5.69 Å². The molecule has 1 aromatic heterocycles. The van der Waals surface area contributed by atoms with Crippen LogP contribution < -0.4 is 5.73 Å². The average molecular weight is 302 g/mol. The zero-order chi connectivity index (χ0) is 15.0. The van der Waals surface area contributed by atoms with Crippen LogP contribution in [-0.2, 0) is 15.6 Å². The first-order valence-electron chi connectivity index (χ1n) is 6.38. The molecular weight excluding hydrogens is 288 g/mol. The van der Waals surface area contributed by atoms with Crippen LogP contribution in [-0.4, -0.2) is 13.4 Å². The molecule has 0 saturated heterocycles. The van der Waals surface area contributed by atoms with Crippen molar-refractivity contribution in [3.05, 3.63) is 53.6 Å². The number of nitrogens with zero attached hydrogens (tertiary/aromatic N) is 1. The van der Waals surface area contributed by atoms with E-state index in [1.54, 1.807) is 30.3 Å². The number of nitrogen functional groups attached to an aromatic ring is 1. The van der Waals surface area contributed by atoms with Gasteiger partial charge >= 0.3 is 5.22 Å². The van der Waals surface area contributed by atoms with E-state index < -0.39 is 9.84 Å². The normalized spacial score (nSPS) is 11.9. The van der Waals surface area contributed by atoms with E-state index in [1.165, 1.54) is 0 Å². The largest absolute Gasteiger partial charge is 0.428 e. The highest BCUT2D eigenvalue weighted by atomic mass is 32.2. The molecule has 0 fully saturated rings. The van der Waals surface area contributed by atoms with Gasteiger partial charge in [-0.25, -0.2) is 8.42 Å². The summed E-state index contributed by atoms with van der Waals surface area (Å²) >= 11 is 0. The van der Waals surface area contributed by atoms with E-state index in [4.69, 9.17) is 10.2 Å². The lowest BCUT2D eigenvalue weighted by Crippen LogP contribution is -2.05. The third-order valence-corrected chi connectivity index (χ3v) is 4.56. The van der Waals surface area contributed by atoms with Crippen LogP contribution in [0.1, 0.15) is 11.1 Å². The fourth-order valence-corrected chi connectivity index (χ4v) is 3.23. The molecule has 2 aromatic carbocycles. The van der Waals surface area contributed by atoms with Crippen LogP contribution in [0.5, 0.6) is 0 Å². The maximum absolute atomic E-state index is 12.4. The second-order valence-electron chi connectivity index (χ2n) is 4.95. The Morgan fingerprint density at radius 1 is 1.14 bits per heavy atom. The van der Waals surface area contributed by atoms with Crippen LogP contribution in [0.2, 0.25) is 0 Å². The van der Waals surface area contributed by atoms with Crippen molar-refractivity contribution >= 4 is 26.6 Å². The summed E-state index contributed by atoms with van der Waals surface area (Å²) in [7, 11) is -3.62. The van der Waals surface area contributed by atoms with Gasteiger partial charge in [0, 0.05) is 5.69 Å². The Hall–Kier alpha value is -2.34. The summed E-state index contributed by atoms with van der Waals surface area (Å²) in [5.41, 5.74) is 8.79.